The van der Waals surface area contributed by atoms with Crippen molar-refractivity contribution in [2.24, 2.45) is 0 Å². The van der Waals surface area contributed by atoms with Crippen molar-refractivity contribution >= 4 is 15.8 Å². The second-order valence-corrected chi connectivity index (χ2v) is 9.65. The van der Waals surface area contributed by atoms with Crippen molar-refractivity contribution in [2.45, 2.75) is 11.8 Å². The lowest BCUT2D eigenvalue weighted by Crippen LogP contribution is -2.16. The van der Waals surface area contributed by atoms with Crippen LogP contribution < -0.4 is 4.72 Å². The van der Waals surface area contributed by atoms with Crippen LogP contribution in [0.1, 0.15) is 5.56 Å². The van der Waals surface area contributed by atoms with Crippen molar-refractivity contribution < 1.29 is 8.42 Å². The van der Waals surface area contributed by atoms with Gasteiger partial charge in [-0.15, -0.1) is 0 Å². The van der Waals surface area contributed by atoms with Crippen LogP contribution >= 0.6 is 0 Å². The molecule has 0 saturated heterocycles. The number of para-hydroxylation sites is 1. The fourth-order valence-electron chi connectivity index (χ4n) is 3.85. The summed E-state index contributed by atoms with van der Waals surface area (Å²) < 4.78 is 31.5. The Labute approximate surface area is 199 Å². The number of nitrogens with one attached hydrogen (secondary N) is 1. The highest BCUT2D eigenvalue weighted by Gasteiger charge is 2.26. The molecule has 1 heterocycles. The Morgan fingerprint density at radius 3 is 1.79 bits per heavy atom. The van der Waals surface area contributed by atoms with Crippen molar-refractivity contribution in [3.8, 4) is 28.1 Å². The van der Waals surface area contributed by atoms with Gasteiger partial charge >= 0.3 is 0 Å². The van der Waals surface area contributed by atoms with E-state index in [9.17, 15) is 8.42 Å². The molecular formula is C28H23N3O2S. The minimum atomic E-state index is -3.87. The lowest BCUT2D eigenvalue weighted by Gasteiger charge is -2.13. The minimum absolute atomic E-state index is 0.194. The highest BCUT2D eigenvalue weighted by Crippen LogP contribution is 2.40. The Morgan fingerprint density at radius 2 is 1.21 bits per heavy atom. The van der Waals surface area contributed by atoms with Crippen LogP contribution in [0.15, 0.2) is 120 Å². The number of rotatable bonds is 6. The van der Waals surface area contributed by atoms with Crippen molar-refractivity contribution in [3.05, 3.63) is 121 Å². The monoisotopic (exact) mass is 465 g/mol. The van der Waals surface area contributed by atoms with Crippen LogP contribution in [0.5, 0.6) is 0 Å². The van der Waals surface area contributed by atoms with Gasteiger partial charge in [0.1, 0.15) is 5.69 Å². The van der Waals surface area contributed by atoms with Crippen molar-refractivity contribution in [3.63, 3.8) is 0 Å². The van der Waals surface area contributed by atoms with E-state index >= 15 is 0 Å². The first kappa shape index (κ1) is 21.7. The van der Waals surface area contributed by atoms with E-state index in [2.05, 4.69) is 4.72 Å². The van der Waals surface area contributed by atoms with Crippen LogP contribution in [0.4, 0.5) is 5.82 Å². The normalized spacial score (nSPS) is 11.3. The molecule has 1 N–H and O–H groups in total. The molecule has 168 valence electrons. The zero-order valence-corrected chi connectivity index (χ0v) is 19.4. The summed E-state index contributed by atoms with van der Waals surface area (Å²) in [5.74, 6) is 0.386. The van der Waals surface area contributed by atoms with Gasteiger partial charge in [-0.05, 0) is 36.8 Å². The van der Waals surface area contributed by atoms with E-state index in [1.54, 1.807) is 28.9 Å². The van der Waals surface area contributed by atoms with Gasteiger partial charge in [0.2, 0.25) is 0 Å². The second kappa shape index (κ2) is 9.00. The fraction of sp³-hybridized carbons (Fsp3) is 0.0357. The predicted octanol–water partition coefficient (Wildman–Crippen LogP) is 6.32. The Kier molecular flexibility index (Phi) is 5.74. The van der Waals surface area contributed by atoms with Crippen LogP contribution in [-0.2, 0) is 10.0 Å². The first-order chi connectivity index (χ1) is 16.5. The molecule has 6 heteroatoms. The lowest BCUT2D eigenvalue weighted by molar-refractivity contribution is 0.600. The van der Waals surface area contributed by atoms with Crippen LogP contribution in [0.2, 0.25) is 0 Å². The van der Waals surface area contributed by atoms with Crippen LogP contribution in [0.3, 0.4) is 0 Å². The number of benzene rings is 4. The highest BCUT2D eigenvalue weighted by atomic mass is 32.2. The van der Waals surface area contributed by atoms with Crippen LogP contribution in [0, 0.1) is 6.92 Å². The SMILES string of the molecule is Cc1ccc(S(=O)(=O)Nc2c(-c3ccccc3)c(-c3ccccc3)nn2-c2ccccc2)cc1. The number of aryl methyl sites for hydroxylation is 1. The summed E-state index contributed by atoms with van der Waals surface area (Å²) in [6, 6.07) is 35.8. The number of hydrogen-bond donors (Lipinski definition) is 1. The van der Waals surface area contributed by atoms with Gasteiger partial charge in [0, 0.05) is 5.56 Å². The fourth-order valence-corrected chi connectivity index (χ4v) is 4.90. The molecular weight excluding hydrogens is 442 g/mol. The summed E-state index contributed by atoms with van der Waals surface area (Å²) in [6.07, 6.45) is 0. The number of sulfonamides is 1. The number of hydrogen-bond acceptors (Lipinski definition) is 3. The number of nitrogens with zero attached hydrogens (tertiary/aromatic N) is 2. The standard InChI is InChI=1S/C28H23N3O2S/c1-21-17-19-25(20-18-21)34(32,33)30-28-26(22-11-5-2-6-12-22)27(23-13-7-3-8-14-23)29-31(28)24-15-9-4-10-16-24/h2-20,30H,1H3. The average Bonchev–Trinajstić information content (AvgIpc) is 3.24. The molecule has 0 saturated carbocycles. The molecule has 5 aromatic rings. The average molecular weight is 466 g/mol. The van der Waals surface area contributed by atoms with E-state index in [1.807, 2.05) is 97.9 Å². The minimum Gasteiger partial charge on any atom is -0.263 e. The van der Waals surface area contributed by atoms with Gasteiger partial charge in [-0.25, -0.2) is 13.1 Å². The molecule has 0 aliphatic rings. The molecule has 5 nitrogen and oxygen atoms in total. The zero-order valence-electron chi connectivity index (χ0n) is 18.6. The Hall–Kier alpha value is -4.16. The summed E-state index contributed by atoms with van der Waals surface area (Å²) in [6.45, 7) is 1.92. The maximum Gasteiger partial charge on any atom is 0.263 e. The molecule has 0 fully saturated rings. The molecule has 0 aliphatic heterocycles. The summed E-state index contributed by atoms with van der Waals surface area (Å²) in [5, 5.41) is 4.91. The van der Waals surface area contributed by atoms with Gasteiger partial charge in [0.25, 0.3) is 10.0 Å². The van der Waals surface area contributed by atoms with Gasteiger partial charge in [-0.1, -0.05) is 96.6 Å². The van der Waals surface area contributed by atoms with E-state index in [0.717, 1.165) is 22.4 Å². The van der Waals surface area contributed by atoms with Gasteiger partial charge < -0.3 is 0 Å². The molecule has 0 aliphatic carbocycles. The molecule has 1 aromatic heterocycles. The molecule has 4 aromatic carbocycles. The third-order valence-corrected chi connectivity index (χ3v) is 6.91. The molecule has 5 rings (SSSR count). The second-order valence-electron chi connectivity index (χ2n) is 7.97. The molecule has 0 unspecified atom stereocenters. The maximum absolute atomic E-state index is 13.5. The van der Waals surface area contributed by atoms with E-state index in [1.165, 1.54) is 0 Å². The van der Waals surface area contributed by atoms with Gasteiger partial charge in [-0.2, -0.15) is 5.10 Å². The maximum atomic E-state index is 13.5. The summed E-state index contributed by atoms with van der Waals surface area (Å²) in [4.78, 5) is 0.194. The number of anilines is 1. The first-order valence-corrected chi connectivity index (χ1v) is 12.4. The van der Waals surface area contributed by atoms with E-state index in [4.69, 9.17) is 5.10 Å². The molecule has 0 bridgehead atoms. The third-order valence-electron chi connectivity index (χ3n) is 5.56. The quantitative estimate of drug-likeness (QED) is 0.319. The molecule has 0 radical (unpaired) electrons. The topological polar surface area (TPSA) is 64.0 Å². The van der Waals surface area contributed by atoms with Gasteiger partial charge in [-0.3, -0.25) is 4.72 Å². The van der Waals surface area contributed by atoms with Gasteiger partial charge in [0.15, 0.2) is 5.82 Å². The Morgan fingerprint density at radius 1 is 0.676 bits per heavy atom. The van der Waals surface area contributed by atoms with Crippen LogP contribution in [0.25, 0.3) is 28.1 Å². The smallest absolute Gasteiger partial charge is 0.263 e. The van der Waals surface area contributed by atoms with Crippen molar-refractivity contribution in [1.82, 2.24) is 9.78 Å². The highest BCUT2D eigenvalue weighted by molar-refractivity contribution is 7.92. The molecule has 0 amide bonds. The Balaban J connectivity index is 1.78. The molecule has 0 spiro atoms. The first-order valence-electron chi connectivity index (χ1n) is 10.9. The summed E-state index contributed by atoms with van der Waals surface area (Å²) in [5.41, 5.74) is 4.91. The van der Waals surface area contributed by atoms with E-state index in [0.29, 0.717) is 17.1 Å². The Bertz CT molecular complexity index is 1510. The lowest BCUT2D eigenvalue weighted by atomic mass is 10.0. The van der Waals surface area contributed by atoms with Crippen molar-refractivity contribution in [2.75, 3.05) is 4.72 Å². The zero-order chi connectivity index (χ0) is 23.5. The van der Waals surface area contributed by atoms with E-state index in [-0.39, 0.29) is 4.90 Å². The predicted molar refractivity (Wildman–Crippen MR) is 136 cm³/mol. The van der Waals surface area contributed by atoms with Crippen LogP contribution in [-0.4, -0.2) is 18.2 Å². The largest absolute Gasteiger partial charge is 0.263 e. The van der Waals surface area contributed by atoms with Gasteiger partial charge in [0.05, 0.1) is 16.1 Å². The molecule has 34 heavy (non-hydrogen) atoms. The third kappa shape index (κ3) is 4.23. The summed E-state index contributed by atoms with van der Waals surface area (Å²) in [7, 11) is -3.87. The molecule has 0 atom stereocenters. The summed E-state index contributed by atoms with van der Waals surface area (Å²) >= 11 is 0. The number of aromatic nitrogens is 2. The van der Waals surface area contributed by atoms with Crippen molar-refractivity contribution in [1.29, 1.82) is 0 Å². The van der Waals surface area contributed by atoms with E-state index < -0.39 is 10.0 Å².